The monoisotopic (exact) mass is 387 g/mol. The van der Waals surface area contributed by atoms with Crippen molar-refractivity contribution < 1.29 is 9.21 Å². The summed E-state index contributed by atoms with van der Waals surface area (Å²) in [6.07, 6.45) is 8.17. The number of aryl methyl sites for hydroxylation is 1. The number of amides is 1. The van der Waals surface area contributed by atoms with E-state index < -0.39 is 0 Å². The normalized spacial score (nSPS) is 31.4. The third kappa shape index (κ3) is 2.59. The zero-order valence-electron chi connectivity index (χ0n) is 17.3. The van der Waals surface area contributed by atoms with E-state index in [2.05, 4.69) is 36.5 Å². The van der Waals surface area contributed by atoms with Crippen molar-refractivity contribution in [2.75, 3.05) is 0 Å². The van der Waals surface area contributed by atoms with Gasteiger partial charge in [-0.25, -0.2) is 0 Å². The zero-order chi connectivity index (χ0) is 19.8. The molecule has 29 heavy (non-hydrogen) atoms. The minimum absolute atomic E-state index is 0.0500. The molecule has 4 fully saturated rings. The van der Waals surface area contributed by atoms with Gasteiger partial charge in [-0.3, -0.25) is 4.79 Å². The molecule has 4 aliphatic rings. The first-order valence-electron chi connectivity index (χ1n) is 11.2. The van der Waals surface area contributed by atoms with E-state index in [4.69, 9.17) is 4.42 Å². The maximum Gasteiger partial charge on any atom is 0.287 e. The molecule has 7 rings (SSSR count). The van der Waals surface area contributed by atoms with Crippen LogP contribution in [0.3, 0.4) is 0 Å². The van der Waals surface area contributed by atoms with Crippen LogP contribution in [-0.2, 0) is 0 Å². The van der Waals surface area contributed by atoms with Gasteiger partial charge in [0.25, 0.3) is 5.91 Å². The van der Waals surface area contributed by atoms with Crippen LogP contribution in [0.25, 0.3) is 21.7 Å². The summed E-state index contributed by atoms with van der Waals surface area (Å²) in [7, 11) is 0. The molecule has 0 aliphatic heterocycles. The van der Waals surface area contributed by atoms with E-state index in [1.807, 2.05) is 19.1 Å². The van der Waals surface area contributed by atoms with Gasteiger partial charge in [-0.15, -0.1) is 0 Å². The second kappa shape index (κ2) is 6.10. The summed E-state index contributed by atoms with van der Waals surface area (Å²) in [6, 6.07) is 12.6. The average molecular weight is 388 g/mol. The van der Waals surface area contributed by atoms with Crippen molar-refractivity contribution in [2.45, 2.75) is 58.4 Å². The van der Waals surface area contributed by atoms with Crippen molar-refractivity contribution in [1.82, 2.24) is 5.32 Å². The van der Waals surface area contributed by atoms with Crippen molar-refractivity contribution in [3.05, 3.63) is 47.7 Å². The molecule has 4 aliphatic carbocycles. The fourth-order valence-electron chi connectivity index (χ4n) is 7.29. The van der Waals surface area contributed by atoms with E-state index in [-0.39, 0.29) is 11.9 Å². The number of rotatable bonds is 3. The van der Waals surface area contributed by atoms with Crippen molar-refractivity contribution >= 4 is 27.6 Å². The van der Waals surface area contributed by atoms with E-state index in [0.29, 0.717) is 11.2 Å². The van der Waals surface area contributed by atoms with Gasteiger partial charge >= 0.3 is 0 Å². The van der Waals surface area contributed by atoms with Gasteiger partial charge in [0, 0.05) is 22.4 Å². The van der Waals surface area contributed by atoms with Crippen molar-refractivity contribution in [3.8, 4) is 0 Å². The lowest BCUT2D eigenvalue weighted by Gasteiger charge is -2.59. The van der Waals surface area contributed by atoms with Crippen LogP contribution in [0.4, 0.5) is 0 Å². The summed E-state index contributed by atoms with van der Waals surface area (Å²) in [5.74, 6) is 3.10. The molecule has 3 heteroatoms. The standard InChI is InChI=1S/C26H29NO2/c1-15-21-8-7-20-5-3-4-6-22(20)24(21)29-23(15)25(28)27-16(2)26-12-17-9-18(13-26)11-19(10-17)14-26/h3-8,16-19H,9-14H2,1-2H3,(H,27,28)/t16-,17?,18?,19?,26?/m0/s1. The van der Waals surface area contributed by atoms with E-state index >= 15 is 0 Å². The molecule has 150 valence electrons. The van der Waals surface area contributed by atoms with Crippen LogP contribution in [-0.4, -0.2) is 11.9 Å². The van der Waals surface area contributed by atoms with Gasteiger partial charge in [0.2, 0.25) is 0 Å². The lowest BCUT2D eigenvalue weighted by atomic mass is 9.48. The SMILES string of the molecule is Cc1c(C(=O)N[C@@H](C)C23CC4CC(CC(C4)C2)C3)oc2c1ccc1ccccc12. The molecule has 1 heterocycles. The number of hydrogen-bond donors (Lipinski definition) is 1. The Balaban J connectivity index is 1.32. The predicted octanol–water partition coefficient (Wildman–Crippen LogP) is 6.23. The molecule has 0 saturated heterocycles. The number of nitrogens with one attached hydrogen (secondary N) is 1. The molecule has 1 amide bonds. The molecule has 0 unspecified atom stereocenters. The van der Waals surface area contributed by atoms with E-state index in [0.717, 1.165) is 45.1 Å². The molecule has 0 spiro atoms. The van der Waals surface area contributed by atoms with Crippen LogP contribution in [0, 0.1) is 30.1 Å². The highest BCUT2D eigenvalue weighted by Gasteiger charge is 2.53. The lowest BCUT2D eigenvalue weighted by Crippen LogP contribution is -2.55. The number of hydrogen-bond acceptors (Lipinski definition) is 2. The summed E-state index contributed by atoms with van der Waals surface area (Å²) in [6.45, 7) is 4.24. The van der Waals surface area contributed by atoms with Crippen molar-refractivity contribution in [3.63, 3.8) is 0 Å². The highest BCUT2D eigenvalue weighted by molar-refractivity contribution is 6.08. The minimum Gasteiger partial charge on any atom is -0.450 e. The Hall–Kier alpha value is -2.29. The van der Waals surface area contributed by atoms with Crippen LogP contribution in [0.15, 0.2) is 40.8 Å². The topological polar surface area (TPSA) is 42.2 Å². The van der Waals surface area contributed by atoms with Gasteiger partial charge in [0.1, 0.15) is 5.58 Å². The Bertz CT molecular complexity index is 1090. The minimum atomic E-state index is -0.0500. The quantitative estimate of drug-likeness (QED) is 0.579. The Kier molecular flexibility index (Phi) is 3.70. The lowest BCUT2D eigenvalue weighted by molar-refractivity contribution is -0.0688. The molecular formula is C26H29NO2. The smallest absolute Gasteiger partial charge is 0.287 e. The third-order valence-corrected chi connectivity index (χ3v) is 8.39. The first-order valence-corrected chi connectivity index (χ1v) is 11.2. The van der Waals surface area contributed by atoms with E-state index in [1.54, 1.807) is 0 Å². The Morgan fingerprint density at radius 3 is 2.34 bits per heavy atom. The number of fused-ring (bicyclic) bond motifs is 3. The molecule has 1 N–H and O–H groups in total. The number of carbonyl (C=O) groups excluding carboxylic acids is 1. The summed E-state index contributed by atoms with van der Waals surface area (Å²) >= 11 is 0. The van der Waals surface area contributed by atoms with Crippen LogP contribution >= 0.6 is 0 Å². The van der Waals surface area contributed by atoms with E-state index in [1.165, 1.54) is 38.5 Å². The van der Waals surface area contributed by atoms with Gasteiger partial charge in [-0.2, -0.15) is 0 Å². The van der Waals surface area contributed by atoms with Gasteiger partial charge in [-0.05, 0) is 80.9 Å². The van der Waals surface area contributed by atoms with E-state index in [9.17, 15) is 4.79 Å². The van der Waals surface area contributed by atoms with Crippen LogP contribution in [0.1, 0.15) is 61.6 Å². The highest BCUT2D eigenvalue weighted by atomic mass is 16.3. The number of furan rings is 1. The highest BCUT2D eigenvalue weighted by Crippen LogP contribution is 2.61. The largest absolute Gasteiger partial charge is 0.450 e. The Morgan fingerprint density at radius 2 is 1.66 bits per heavy atom. The molecule has 4 saturated carbocycles. The molecule has 2 aromatic carbocycles. The van der Waals surface area contributed by atoms with Crippen LogP contribution in [0.5, 0.6) is 0 Å². The van der Waals surface area contributed by atoms with Crippen molar-refractivity contribution in [1.29, 1.82) is 0 Å². The molecule has 0 radical (unpaired) electrons. The first kappa shape index (κ1) is 17.6. The maximum absolute atomic E-state index is 13.3. The van der Waals surface area contributed by atoms with Crippen LogP contribution < -0.4 is 5.32 Å². The maximum atomic E-state index is 13.3. The Morgan fingerprint density at radius 1 is 1.00 bits per heavy atom. The molecule has 1 aromatic heterocycles. The molecule has 4 bridgehead atoms. The van der Waals surface area contributed by atoms with Crippen LogP contribution in [0.2, 0.25) is 0 Å². The Labute approximate surface area is 171 Å². The molecular weight excluding hydrogens is 358 g/mol. The summed E-state index contributed by atoms with van der Waals surface area (Å²) in [4.78, 5) is 13.3. The second-order valence-electron chi connectivity index (χ2n) is 10.2. The summed E-state index contributed by atoms with van der Waals surface area (Å²) < 4.78 is 6.18. The first-order chi connectivity index (χ1) is 14.0. The molecule has 3 aromatic rings. The van der Waals surface area contributed by atoms with Gasteiger partial charge < -0.3 is 9.73 Å². The fraction of sp³-hybridized carbons (Fsp3) is 0.500. The predicted molar refractivity (Wildman–Crippen MR) is 116 cm³/mol. The molecule has 3 nitrogen and oxygen atoms in total. The molecule has 1 atom stereocenters. The number of benzene rings is 2. The van der Waals surface area contributed by atoms with Gasteiger partial charge in [0.15, 0.2) is 5.76 Å². The van der Waals surface area contributed by atoms with Gasteiger partial charge in [0.05, 0.1) is 0 Å². The number of carbonyl (C=O) groups is 1. The summed E-state index contributed by atoms with van der Waals surface area (Å²) in [5, 5.41) is 6.62. The average Bonchev–Trinajstić information content (AvgIpc) is 3.04. The fourth-order valence-corrected chi connectivity index (χ4v) is 7.29. The third-order valence-electron chi connectivity index (χ3n) is 8.39. The second-order valence-corrected chi connectivity index (χ2v) is 10.2. The zero-order valence-corrected chi connectivity index (χ0v) is 17.3. The summed E-state index contributed by atoms with van der Waals surface area (Å²) in [5.41, 5.74) is 2.07. The van der Waals surface area contributed by atoms with Crippen molar-refractivity contribution in [2.24, 2.45) is 23.2 Å². The van der Waals surface area contributed by atoms with Gasteiger partial charge in [-0.1, -0.05) is 36.4 Å².